The lowest BCUT2D eigenvalue weighted by Gasteiger charge is -2.28. The van der Waals surface area contributed by atoms with Crippen LogP contribution in [0.15, 0.2) is 18.2 Å². The molecule has 0 spiro atoms. The van der Waals surface area contributed by atoms with Crippen LogP contribution in [0.2, 0.25) is 0 Å². The highest BCUT2D eigenvalue weighted by Gasteiger charge is 2.18. The fourth-order valence-electron chi connectivity index (χ4n) is 3.56. The summed E-state index contributed by atoms with van der Waals surface area (Å²) in [6, 6.07) is 8.71. The lowest BCUT2D eigenvalue weighted by molar-refractivity contribution is 0.573. The number of aryl methyl sites for hydroxylation is 1. The van der Waals surface area contributed by atoms with Crippen molar-refractivity contribution in [3.05, 3.63) is 29.3 Å². The number of nitriles is 1. The summed E-state index contributed by atoms with van der Waals surface area (Å²) in [6.07, 6.45) is 5.94. The van der Waals surface area contributed by atoms with E-state index < -0.39 is 0 Å². The maximum atomic E-state index is 9.52. The van der Waals surface area contributed by atoms with Gasteiger partial charge in [0, 0.05) is 30.7 Å². The Kier molecular flexibility index (Phi) is 3.34. The Morgan fingerprint density at radius 3 is 2.77 bits per heavy atom. The number of rotatable bonds is 1. The van der Waals surface area contributed by atoms with Gasteiger partial charge in [0.2, 0.25) is 0 Å². The Morgan fingerprint density at radius 2 is 1.95 bits per heavy atom. The summed E-state index contributed by atoms with van der Waals surface area (Å²) in [5, 5.41) is 14.1. The molecule has 1 aromatic carbocycles. The minimum atomic E-state index is 0.707. The van der Waals surface area contributed by atoms with Crippen molar-refractivity contribution in [2.45, 2.75) is 32.1 Å². The number of hydrogen-bond donors (Lipinski definition) is 1. The summed E-state index contributed by atoms with van der Waals surface area (Å²) in [7, 11) is 0. The number of anilines is 2. The molecule has 1 N–H and O–H groups in total. The van der Waals surface area contributed by atoms with Gasteiger partial charge in [0.05, 0.1) is 11.1 Å². The molecule has 4 nitrogen and oxygen atoms in total. The predicted molar refractivity (Wildman–Crippen MR) is 89.3 cm³/mol. The smallest absolute Gasteiger partial charge is 0.147 e. The van der Waals surface area contributed by atoms with E-state index in [4.69, 9.17) is 4.98 Å². The molecule has 0 saturated carbocycles. The minimum Gasteiger partial charge on any atom is -0.385 e. The summed E-state index contributed by atoms with van der Waals surface area (Å²) >= 11 is 0. The zero-order valence-electron chi connectivity index (χ0n) is 12.7. The van der Waals surface area contributed by atoms with E-state index in [0.29, 0.717) is 5.56 Å². The first kappa shape index (κ1) is 13.4. The van der Waals surface area contributed by atoms with Crippen molar-refractivity contribution in [2.75, 3.05) is 29.9 Å². The van der Waals surface area contributed by atoms with Gasteiger partial charge in [-0.15, -0.1) is 0 Å². The number of fused-ring (bicyclic) bond motifs is 2. The van der Waals surface area contributed by atoms with Crippen molar-refractivity contribution in [3.63, 3.8) is 0 Å². The Hall–Kier alpha value is -2.28. The lowest BCUT2D eigenvalue weighted by atomic mass is 10.00. The number of aromatic nitrogens is 1. The average molecular weight is 292 g/mol. The number of nitrogens with one attached hydrogen (secondary N) is 1. The fraction of sp³-hybridized carbons (Fsp3) is 0.444. The van der Waals surface area contributed by atoms with Crippen LogP contribution in [0.3, 0.4) is 0 Å². The molecule has 0 unspecified atom stereocenters. The summed E-state index contributed by atoms with van der Waals surface area (Å²) in [5.74, 6) is 0.866. The van der Waals surface area contributed by atoms with E-state index in [-0.39, 0.29) is 0 Å². The van der Waals surface area contributed by atoms with Gasteiger partial charge in [0.15, 0.2) is 0 Å². The Morgan fingerprint density at radius 1 is 1.09 bits per heavy atom. The van der Waals surface area contributed by atoms with Gasteiger partial charge >= 0.3 is 0 Å². The lowest BCUT2D eigenvalue weighted by Crippen LogP contribution is -2.30. The van der Waals surface area contributed by atoms with Crippen molar-refractivity contribution in [1.29, 1.82) is 5.26 Å². The van der Waals surface area contributed by atoms with Gasteiger partial charge in [0.25, 0.3) is 0 Å². The molecule has 1 saturated heterocycles. The van der Waals surface area contributed by atoms with Crippen LogP contribution in [0.25, 0.3) is 10.9 Å². The summed E-state index contributed by atoms with van der Waals surface area (Å²) in [5.41, 5.74) is 4.25. The molecule has 0 atom stereocenters. The van der Waals surface area contributed by atoms with Crippen LogP contribution in [0.1, 0.15) is 36.8 Å². The molecule has 112 valence electrons. The van der Waals surface area contributed by atoms with Gasteiger partial charge in [-0.05, 0) is 55.9 Å². The number of hydrogen-bond acceptors (Lipinski definition) is 4. The molecule has 2 aromatic rings. The molecule has 4 rings (SSSR count). The van der Waals surface area contributed by atoms with Crippen molar-refractivity contribution < 1.29 is 0 Å². The molecule has 2 aliphatic rings. The largest absolute Gasteiger partial charge is 0.385 e. The van der Waals surface area contributed by atoms with Crippen molar-refractivity contribution >= 4 is 22.4 Å². The van der Waals surface area contributed by atoms with Gasteiger partial charge in [-0.1, -0.05) is 0 Å². The monoisotopic (exact) mass is 292 g/mol. The molecule has 0 radical (unpaired) electrons. The third-order valence-corrected chi connectivity index (χ3v) is 4.73. The summed E-state index contributed by atoms with van der Waals surface area (Å²) in [6.45, 7) is 3.06. The average Bonchev–Trinajstić information content (AvgIpc) is 2.59. The van der Waals surface area contributed by atoms with E-state index in [1.165, 1.54) is 36.9 Å². The second kappa shape index (κ2) is 5.49. The third-order valence-electron chi connectivity index (χ3n) is 4.73. The van der Waals surface area contributed by atoms with Crippen LogP contribution in [-0.4, -0.2) is 24.6 Å². The molecule has 1 fully saturated rings. The second-order valence-corrected chi connectivity index (χ2v) is 6.25. The van der Waals surface area contributed by atoms with Gasteiger partial charge in [-0.25, -0.2) is 4.98 Å². The Labute approximate surface area is 130 Å². The quantitative estimate of drug-likeness (QED) is 0.874. The molecule has 3 heterocycles. The second-order valence-electron chi connectivity index (χ2n) is 6.25. The van der Waals surface area contributed by atoms with Crippen LogP contribution in [-0.2, 0) is 6.42 Å². The van der Waals surface area contributed by atoms with Gasteiger partial charge in [0.1, 0.15) is 11.9 Å². The van der Waals surface area contributed by atoms with Gasteiger partial charge in [-0.3, -0.25) is 0 Å². The highest BCUT2D eigenvalue weighted by molar-refractivity contribution is 5.87. The number of pyridine rings is 1. The van der Waals surface area contributed by atoms with Crippen LogP contribution in [0, 0.1) is 11.3 Å². The molecule has 1 aromatic heterocycles. The maximum absolute atomic E-state index is 9.52. The minimum absolute atomic E-state index is 0.707. The molecule has 0 aliphatic carbocycles. The zero-order chi connectivity index (χ0) is 14.9. The van der Waals surface area contributed by atoms with Crippen LogP contribution in [0.4, 0.5) is 11.5 Å². The SMILES string of the molecule is N#Cc1cc2cc3c(cc2nc1N1CCCCC1)NCCC3. The fourth-order valence-corrected chi connectivity index (χ4v) is 3.56. The number of nitrogens with zero attached hydrogens (tertiary/aromatic N) is 3. The maximum Gasteiger partial charge on any atom is 0.147 e. The first-order chi connectivity index (χ1) is 10.8. The third kappa shape index (κ3) is 2.27. The van der Waals surface area contributed by atoms with Crippen LogP contribution >= 0.6 is 0 Å². The van der Waals surface area contributed by atoms with E-state index in [1.54, 1.807) is 0 Å². The van der Waals surface area contributed by atoms with Crippen LogP contribution < -0.4 is 10.2 Å². The Bertz CT molecular complexity index is 754. The Balaban J connectivity index is 1.84. The van der Waals surface area contributed by atoms with Crippen molar-refractivity contribution in [3.8, 4) is 6.07 Å². The first-order valence-electron chi connectivity index (χ1n) is 8.22. The number of benzene rings is 1. The molecule has 0 amide bonds. The highest BCUT2D eigenvalue weighted by Crippen LogP contribution is 2.31. The van der Waals surface area contributed by atoms with E-state index in [9.17, 15) is 5.26 Å². The molecular weight excluding hydrogens is 272 g/mol. The van der Waals surface area contributed by atoms with E-state index >= 15 is 0 Å². The topological polar surface area (TPSA) is 52.0 Å². The highest BCUT2D eigenvalue weighted by atomic mass is 15.2. The predicted octanol–water partition coefficient (Wildman–Crippen LogP) is 3.45. The molecule has 4 heteroatoms. The van der Waals surface area contributed by atoms with E-state index in [1.807, 2.05) is 6.07 Å². The van der Waals surface area contributed by atoms with Crippen LogP contribution in [0.5, 0.6) is 0 Å². The van der Waals surface area contributed by atoms with E-state index in [0.717, 1.165) is 42.8 Å². The molecular formula is C18H20N4. The van der Waals surface area contributed by atoms with Gasteiger partial charge < -0.3 is 10.2 Å². The zero-order valence-corrected chi connectivity index (χ0v) is 12.7. The molecule has 22 heavy (non-hydrogen) atoms. The van der Waals surface area contributed by atoms with Gasteiger partial charge in [-0.2, -0.15) is 5.26 Å². The summed E-state index contributed by atoms with van der Waals surface area (Å²) < 4.78 is 0. The summed E-state index contributed by atoms with van der Waals surface area (Å²) in [4.78, 5) is 7.11. The van der Waals surface area contributed by atoms with Crippen molar-refractivity contribution in [2.24, 2.45) is 0 Å². The van der Waals surface area contributed by atoms with E-state index in [2.05, 4.69) is 28.4 Å². The molecule has 2 aliphatic heterocycles. The standard InChI is InChI=1S/C18H20N4/c19-12-15-10-14-9-13-5-4-6-20-16(13)11-17(14)21-18(15)22-7-2-1-3-8-22/h9-11,20H,1-8H2. The van der Waals surface area contributed by atoms with Crippen molar-refractivity contribution in [1.82, 2.24) is 4.98 Å². The first-order valence-corrected chi connectivity index (χ1v) is 8.22. The molecule has 0 bridgehead atoms. The number of piperidine rings is 1. The normalized spacial score (nSPS) is 17.7.